The van der Waals surface area contributed by atoms with Gasteiger partial charge < -0.3 is 4.98 Å². The number of hydrogen-bond donors (Lipinski definition) is 1. The van der Waals surface area contributed by atoms with Crippen LogP contribution < -0.4 is 0 Å². The van der Waals surface area contributed by atoms with Gasteiger partial charge in [0.15, 0.2) is 0 Å². The Kier molecular flexibility index (Phi) is 1.80. The van der Waals surface area contributed by atoms with Crippen molar-refractivity contribution in [3.05, 3.63) is 24.3 Å². The lowest BCUT2D eigenvalue weighted by Gasteiger charge is -2.08. The highest BCUT2D eigenvalue weighted by molar-refractivity contribution is 8.05. The Morgan fingerprint density at radius 1 is 1.08 bits per heavy atom. The summed E-state index contributed by atoms with van der Waals surface area (Å²) in [6.45, 7) is 0. The fourth-order valence-corrected chi connectivity index (χ4v) is 3.99. The van der Waals surface area contributed by atoms with Crippen LogP contribution in [0.1, 0.15) is 0 Å². The van der Waals surface area contributed by atoms with E-state index in [2.05, 4.69) is 29.2 Å². The molecule has 3 heteroatoms. The average Bonchev–Trinajstić information content (AvgIpc) is 2.56. The zero-order chi connectivity index (χ0) is 8.67. The second-order valence-corrected chi connectivity index (χ2v) is 5.24. The van der Waals surface area contributed by atoms with E-state index in [0.29, 0.717) is 0 Å². The third-order valence-corrected chi connectivity index (χ3v) is 4.71. The van der Waals surface area contributed by atoms with Crippen molar-refractivity contribution in [3.8, 4) is 0 Å². The minimum absolute atomic E-state index is 1.23. The number of aromatic nitrogens is 1. The smallest absolute Gasteiger partial charge is 0.0871 e. The Balaban J connectivity index is 2.34. The van der Waals surface area contributed by atoms with Crippen molar-refractivity contribution in [1.82, 2.24) is 4.98 Å². The minimum Gasteiger partial charge on any atom is -0.349 e. The van der Waals surface area contributed by atoms with Crippen LogP contribution in [0.25, 0.3) is 10.9 Å². The summed E-state index contributed by atoms with van der Waals surface area (Å²) < 4.78 is 0. The molecule has 0 unspecified atom stereocenters. The predicted octanol–water partition coefficient (Wildman–Crippen LogP) is 3.37. The van der Waals surface area contributed by atoms with Crippen LogP contribution in [0.3, 0.4) is 0 Å². The van der Waals surface area contributed by atoms with E-state index in [-0.39, 0.29) is 0 Å². The van der Waals surface area contributed by atoms with Gasteiger partial charge in [0, 0.05) is 27.3 Å². The van der Waals surface area contributed by atoms with E-state index in [4.69, 9.17) is 0 Å². The molecule has 66 valence electrons. The Morgan fingerprint density at radius 2 is 1.92 bits per heavy atom. The largest absolute Gasteiger partial charge is 0.349 e. The Bertz CT molecular complexity index is 447. The first-order valence-corrected chi connectivity index (χ1v) is 6.28. The Morgan fingerprint density at radius 3 is 2.92 bits per heavy atom. The van der Waals surface area contributed by atoms with Crippen molar-refractivity contribution in [3.63, 3.8) is 0 Å². The van der Waals surface area contributed by atoms with Crippen molar-refractivity contribution < 1.29 is 0 Å². The van der Waals surface area contributed by atoms with Crippen molar-refractivity contribution in [2.24, 2.45) is 0 Å². The fourth-order valence-electron chi connectivity index (χ4n) is 1.62. The molecule has 1 aliphatic rings. The number of thioether (sulfide) groups is 2. The second kappa shape index (κ2) is 3.00. The summed E-state index contributed by atoms with van der Waals surface area (Å²) in [6.07, 6.45) is 0. The van der Waals surface area contributed by atoms with E-state index >= 15 is 0 Å². The molecule has 0 aliphatic carbocycles. The van der Waals surface area contributed by atoms with Gasteiger partial charge in [0.2, 0.25) is 0 Å². The van der Waals surface area contributed by atoms with Crippen LogP contribution >= 0.6 is 23.5 Å². The van der Waals surface area contributed by atoms with Crippen LogP contribution in [0.15, 0.2) is 34.2 Å². The van der Waals surface area contributed by atoms with Crippen LogP contribution in [-0.4, -0.2) is 16.5 Å². The number of fused-ring (bicyclic) bond motifs is 3. The SMILES string of the molecule is c1ccc2c3c([nH]c2c1)SCCS3. The number of rotatable bonds is 0. The van der Waals surface area contributed by atoms with Gasteiger partial charge in [-0.3, -0.25) is 0 Å². The summed E-state index contributed by atoms with van der Waals surface area (Å²) in [5.74, 6) is 2.46. The molecule has 0 saturated heterocycles. The van der Waals surface area contributed by atoms with Gasteiger partial charge in [0.05, 0.1) is 5.03 Å². The van der Waals surface area contributed by atoms with Crippen LogP contribution in [0.2, 0.25) is 0 Å². The molecular weight excluding hydrogens is 198 g/mol. The standard InChI is InChI=1S/C10H9NS2/c1-2-4-8-7(3-1)9-10(11-8)13-6-5-12-9/h1-4,11H,5-6H2. The van der Waals surface area contributed by atoms with Crippen LogP contribution in [0.4, 0.5) is 0 Å². The van der Waals surface area contributed by atoms with Crippen molar-refractivity contribution >= 4 is 34.4 Å². The minimum atomic E-state index is 1.23. The molecule has 1 N–H and O–H groups in total. The zero-order valence-electron chi connectivity index (χ0n) is 7.04. The van der Waals surface area contributed by atoms with Gasteiger partial charge in [-0.2, -0.15) is 0 Å². The van der Waals surface area contributed by atoms with Crippen LogP contribution in [0, 0.1) is 0 Å². The van der Waals surface area contributed by atoms with Gasteiger partial charge in [-0.05, 0) is 6.07 Å². The highest BCUT2D eigenvalue weighted by atomic mass is 32.2. The van der Waals surface area contributed by atoms with E-state index in [9.17, 15) is 0 Å². The van der Waals surface area contributed by atoms with Crippen molar-refractivity contribution in [2.75, 3.05) is 11.5 Å². The topological polar surface area (TPSA) is 15.8 Å². The van der Waals surface area contributed by atoms with Gasteiger partial charge in [-0.1, -0.05) is 18.2 Å². The van der Waals surface area contributed by atoms with Crippen LogP contribution in [-0.2, 0) is 0 Å². The number of benzene rings is 1. The fraction of sp³-hybridized carbons (Fsp3) is 0.200. The summed E-state index contributed by atoms with van der Waals surface area (Å²) in [6, 6.07) is 8.54. The lowest BCUT2D eigenvalue weighted by atomic mass is 10.2. The molecule has 2 heterocycles. The third-order valence-electron chi connectivity index (χ3n) is 2.20. The first-order valence-electron chi connectivity index (χ1n) is 4.31. The molecule has 0 saturated carbocycles. The van der Waals surface area contributed by atoms with Gasteiger partial charge in [-0.25, -0.2) is 0 Å². The summed E-state index contributed by atoms with van der Waals surface area (Å²) in [5, 5.41) is 2.74. The number of H-pyrrole nitrogens is 1. The lowest BCUT2D eigenvalue weighted by molar-refractivity contribution is 1.14. The van der Waals surface area contributed by atoms with E-state index in [1.165, 1.54) is 32.3 Å². The second-order valence-electron chi connectivity index (χ2n) is 3.03. The molecule has 0 spiro atoms. The molecule has 1 aromatic heterocycles. The maximum atomic E-state index is 3.46. The predicted molar refractivity (Wildman–Crippen MR) is 59.7 cm³/mol. The maximum absolute atomic E-state index is 3.46. The van der Waals surface area contributed by atoms with Gasteiger partial charge in [0.25, 0.3) is 0 Å². The summed E-state index contributed by atoms with van der Waals surface area (Å²) in [7, 11) is 0. The molecule has 0 amide bonds. The van der Waals surface area contributed by atoms with E-state index < -0.39 is 0 Å². The molecule has 0 bridgehead atoms. The van der Waals surface area contributed by atoms with Gasteiger partial charge in [-0.15, -0.1) is 23.5 Å². The first kappa shape index (κ1) is 7.83. The third kappa shape index (κ3) is 1.18. The molecule has 0 radical (unpaired) electrons. The number of para-hydroxylation sites is 1. The molecule has 1 aliphatic heterocycles. The molecule has 2 aromatic rings. The lowest BCUT2D eigenvalue weighted by Crippen LogP contribution is -1.91. The van der Waals surface area contributed by atoms with E-state index in [1.54, 1.807) is 0 Å². The molecule has 0 fully saturated rings. The van der Waals surface area contributed by atoms with Gasteiger partial charge in [0.1, 0.15) is 0 Å². The number of aromatic amines is 1. The molecular formula is C10H9NS2. The molecule has 1 aromatic carbocycles. The van der Waals surface area contributed by atoms with E-state index in [1.807, 2.05) is 23.5 Å². The van der Waals surface area contributed by atoms with Crippen molar-refractivity contribution in [1.29, 1.82) is 0 Å². The first-order chi connectivity index (χ1) is 6.45. The zero-order valence-corrected chi connectivity index (χ0v) is 8.67. The molecule has 0 atom stereocenters. The van der Waals surface area contributed by atoms with Crippen molar-refractivity contribution in [2.45, 2.75) is 9.92 Å². The summed E-state index contributed by atoms with van der Waals surface area (Å²) in [5.41, 5.74) is 1.27. The van der Waals surface area contributed by atoms with Gasteiger partial charge >= 0.3 is 0 Å². The highest BCUT2D eigenvalue weighted by Gasteiger charge is 2.15. The normalized spacial score (nSPS) is 16.0. The summed E-state index contributed by atoms with van der Waals surface area (Å²) >= 11 is 3.91. The highest BCUT2D eigenvalue weighted by Crippen LogP contribution is 2.41. The van der Waals surface area contributed by atoms with E-state index in [0.717, 1.165) is 0 Å². The Labute approximate surface area is 85.3 Å². The number of nitrogens with one attached hydrogen (secondary N) is 1. The molecule has 3 rings (SSSR count). The monoisotopic (exact) mass is 207 g/mol. The molecule has 1 nitrogen and oxygen atoms in total. The maximum Gasteiger partial charge on any atom is 0.0871 e. The number of hydrogen-bond acceptors (Lipinski definition) is 2. The quantitative estimate of drug-likeness (QED) is 0.713. The average molecular weight is 207 g/mol. The van der Waals surface area contributed by atoms with Crippen LogP contribution in [0.5, 0.6) is 0 Å². The Hall–Kier alpha value is -0.540. The summed E-state index contributed by atoms with van der Waals surface area (Å²) in [4.78, 5) is 4.91. The molecule has 13 heavy (non-hydrogen) atoms.